The van der Waals surface area contributed by atoms with Crippen LogP contribution in [0.25, 0.3) is 0 Å². The second kappa shape index (κ2) is 11.6. The molecule has 4 nitrogen and oxygen atoms in total. The van der Waals surface area contributed by atoms with Gasteiger partial charge in [-0.2, -0.15) is 0 Å². The zero-order valence-electron chi connectivity index (χ0n) is 12.7. The van der Waals surface area contributed by atoms with E-state index in [9.17, 15) is 4.39 Å². The molecule has 1 rings (SSSR count). The molecule has 120 valence electrons. The fourth-order valence-corrected chi connectivity index (χ4v) is 2.01. The monoisotopic (exact) mass is 299 g/mol. The summed E-state index contributed by atoms with van der Waals surface area (Å²) in [6.45, 7) is 3.55. The largest absolute Gasteiger partial charge is 0.382 e. The molecule has 2 N–H and O–H groups in total. The fraction of sp³-hybridized carbons (Fsp3) is 0.625. The predicted octanol–water partition coefficient (Wildman–Crippen LogP) is 2.01. The Morgan fingerprint density at radius 2 is 1.81 bits per heavy atom. The van der Waals surface area contributed by atoms with Gasteiger partial charge in [-0.15, -0.1) is 0 Å². The number of halogens is 1. The number of hydrogen-bond donors (Lipinski definition) is 1. The SMILES string of the molecule is COCCOCCOCCC(CN)Cc1cccc(F)c1. The topological polar surface area (TPSA) is 53.7 Å². The van der Waals surface area contributed by atoms with Crippen molar-refractivity contribution in [2.75, 3.05) is 46.7 Å². The minimum absolute atomic E-state index is 0.201. The molecule has 0 aliphatic heterocycles. The molecule has 0 fully saturated rings. The van der Waals surface area contributed by atoms with Gasteiger partial charge in [-0.1, -0.05) is 12.1 Å². The highest BCUT2D eigenvalue weighted by molar-refractivity contribution is 5.16. The first-order chi connectivity index (χ1) is 10.3. The van der Waals surface area contributed by atoms with Gasteiger partial charge in [-0.3, -0.25) is 0 Å². The smallest absolute Gasteiger partial charge is 0.123 e. The standard InChI is InChI=1S/C16H26FNO3/c1-19-7-8-21-10-9-20-6-5-15(13-18)11-14-3-2-4-16(17)12-14/h2-4,12,15H,5-11,13,18H2,1H3. The molecule has 0 aliphatic carbocycles. The molecular weight excluding hydrogens is 273 g/mol. The van der Waals surface area contributed by atoms with Crippen LogP contribution < -0.4 is 5.73 Å². The first kappa shape index (κ1) is 18.0. The molecule has 0 saturated carbocycles. The first-order valence-corrected chi connectivity index (χ1v) is 7.35. The minimum atomic E-state index is -0.201. The number of nitrogens with two attached hydrogens (primary N) is 1. The predicted molar refractivity (Wildman–Crippen MR) is 80.8 cm³/mol. The third-order valence-electron chi connectivity index (χ3n) is 3.22. The molecule has 1 aromatic carbocycles. The number of rotatable bonds is 12. The van der Waals surface area contributed by atoms with Crippen molar-refractivity contribution in [1.29, 1.82) is 0 Å². The van der Waals surface area contributed by atoms with E-state index >= 15 is 0 Å². The van der Waals surface area contributed by atoms with Gasteiger partial charge in [-0.25, -0.2) is 4.39 Å². The molecule has 0 aliphatic rings. The van der Waals surface area contributed by atoms with Crippen molar-refractivity contribution in [2.24, 2.45) is 11.7 Å². The quantitative estimate of drug-likeness (QED) is 0.600. The third-order valence-corrected chi connectivity index (χ3v) is 3.22. The number of ether oxygens (including phenoxy) is 3. The first-order valence-electron chi connectivity index (χ1n) is 7.35. The molecule has 1 unspecified atom stereocenters. The van der Waals surface area contributed by atoms with Gasteiger partial charge in [0.15, 0.2) is 0 Å². The van der Waals surface area contributed by atoms with Gasteiger partial charge < -0.3 is 19.9 Å². The normalized spacial score (nSPS) is 12.5. The van der Waals surface area contributed by atoms with Crippen LogP contribution >= 0.6 is 0 Å². The molecule has 0 spiro atoms. The summed E-state index contributed by atoms with van der Waals surface area (Å²) in [6.07, 6.45) is 1.65. The van der Waals surface area contributed by atoms with Crippen molar-refractivity contribution in [3.8, 4) is 0 Å². The zero-order valence-corrected chi connectivity index (χ0v) is 12.7. The Morgan fingerprint density at radius 3 is 2.48 bits per heavy atom. The lowest BCUT2D eigenvalue weighted by molar-refractivity contribution is 0.0220. The van der Waals surface area contributed by atoms with Crippen LogP contribution in [-0.2, 0) is 20.6 Å². The Bertz CT molecular complexity index is 376. The summed E-state index contributed by atoms with van der Waals surface area (Å²) in [6, 6.07) is 6.67. The van der Waals surface area contributed by atoms with Crippen molar-refractivity contribution in [3.05, 3.63) is 35.6 Å². The molecule has 0 amide bonds. The Kier molecular flexibility index (Phi) is 9.99. The highest BCUT2D eigenvalue weighted by Gasteiger charge is 2.08. The lowest BCUT2D eigenvalue weighted by atomic mass is 9.96. The molecular formula is C16H26FNO3. The summed E-state index contributed by atoms with van der Waals surface area (Å²) in [5.74, 6) is 0.105. The van der Waals surface area contributed by atoms with E-state index in [1.807, 2.05) is 6.07 Å². The summed E-state index contributed by atoms with van der Waals surface area (Å²) >= 11 is 0. The lowest BCUT2D eigenvalue weighted by Gasteiger charge is -2.15. The fourth-order valence-electron chi connectivity index (χ4n) is 2.01. The van der Waals surface area contributed by atoms with Crippen molar-refractivity contribution in [3.63, 3.8) is 0 Å². The number of hydrogen-bond acceptors (Lipinski definition) is 4. The summed E-state index contributed by atoms with van der Waals surface area (Å²) in [4.78, 5) is 0. The maximum Gasteiger partial charge on any atom is 0.123 e. The van der Waals surface area contributed by atoms with Crippen molar-refractivity contribution < 1.29 is 18.6 Å². The minimum Gasteiger partial charge on any atom is -0.382 e. The Balaban J connectivity index is 2.11. The number of methoxy groups -OCH3 is 1. The van der Waals surface area contributed by atoms with Crippen LogP contribution in [0.3, 0.4) is 0 Å². The van der Waals surface area contributed by atoms with E-state index < -0.39 is 0 Å². The van der Waals surface area contributed by atoms with Gasteiger partial charge in [0, 0.05) is 13.7 Å². The summed E-state index contributed by atoms with van der Waals surface area (Å²) in [5, 5.41) is 0. The van der Waals surface area contributed by atoms with E-state index in [2.05, 4.69) is 0 Å². The van der Waals surface area contributed by atoms with Crippen LogP contribution in [0.5, 0.6) is 0 Å². The second-order valence-corrected chi connectivity index (χ2v) is 4.94. The molecule has 0 saturated heterocycles. The van der Waals surface area contributed by atoms with Gasteiger partial charge in [0.2, 0.25) is 0 Å². The summed E-state index contributed by atoms with van der Waals surface area (Å²) in [5.41, 5.74) is 6.75. The van der Waals surface area contributed by atoms with Crippen LogP contribution in [0.15, 0.2) is 24.3 Å². The van der Waals surface area contributed by atoms with Crippen molar-refractivity contribution >= 4 is 0 Å². The van der Waals surface area contributed by atoms with Gasteiger partial charge >= 0.3 is 0 Å². The van der Waals surface area contributed by atoms with E-state index in [4.69, 9.17) is 19.9 Å². The van der Waals surface area contributed by atoms with Crippen LogP contribution in [0, 0.1) is 11.7 Å². The van der Waals surface area contributed by atoms with Gasteiger partial charge in [0.1, 0.15) is 5.82 Å². The van der Waals surface area contributed by atoms with E-state index in [1.165, 1.54) is 6.07 Å². The summed E-state index contributed by atoms with van der Waals surface area (Å²) in [7, 11) is 1.64. The van der Waals surface area contributed by atoms with E-state index in [0.29, 0.717) is 45.5 Å². The van der Waals surface area contributed by atoms with E-state index in [-0.39, 0.29) is 5.82 Å². The Hall–Kier alpha value is -1.01. The highest BCUT2D eigenvalue weighted by atomic mass is 19.1. The van der Waals surface area contributed by atoms with Gasteiger partial charge in [0.25, 0.3) is 0 Å². The maximum atomic E-state index is 13.1. The van der Waals surface area contributed by atoms with Gasteiger partial charge in [0.05, 0.1) is 26.4 Å². The molecule has 0 aromatic heterocycles. The van der Waals surface area contributed by atoms with Crippen LogP contribution in [0.2, 0.25) is 0 Å². The highest BCUT2D eigenvalue weighted by Crippen LogP contribution is 2.12. The molecule has 21 heavy (non-hydrogen) atoms. The average Bonchev–Trinajstić information content (AvgIpc) is 2.48. The Morgan fingerprint density at radius 1 is 1.10 bits per heavy atom. The Labute approximate surface area is 126 Å². The van der Waals surface area contributed by atoms with Crippen LogP contribution in [0.4, 0.5) is 4.39 Å². The second-order valence-electron chi connectivity index (χ2n) is 4.94. The molecule has 0 radical (unpaired) electrons. The van der Waals surface area contributed by atoms with E-state index in [1.54, 1.807) is 19.2 Å². The van der Waals surface area contributed by atoms with Crippen LogP contribution in [-0.4, -0.2) is 46.7 Å². The van der Waals surface area contributed by atoms with Gasteiger partial charge in [-0.05, 0) is 43.0 Å². The average molecular weight is 299 g/mol. The molecule has 0 heterocycles. The molecule has 1 atom stereocenters. The van der Waals surface area contributed by atoms with Crippen molar-refractivity contribution in [2.45, 2.75) is 12.8 Å². The summed E-state index contributed by atoms with van der Waals surface area (Å²) < 4.78 is 28.8. The van der Waals surface area contributed by atoms with E-state index in [0.717, 1.165) is 18.4 Å². The molecule has 5 heteroatoms. The zero-order chi connectivity index (χ0) is 15.3. The maximum absolute atomic E-state index is 13.1. The number of benzene rings is 1. The van der Waals surface area contributed by atoms with Crippen molar-refractivity contribution in [1.82, 2.24) is 0 Å². The van der Waals surface area contributed by atoms with Crippen LogP contribution in [0.1, 0.15) is 12.0 Å². The third kappa shape index (κ3) is 8.78. The molecule has 1 aromatic rings. The lowest BCUT2D eigenvalue weighted by Crippen LogP contribution is -2.19. The molecule has 0 bridgehead atoms.